The molecular formula is C21H19Cl2N3O2. The summed E-state index contributed by atoms with van der Waals surface area (Å²) in [5, 5.41) is 5.17. The fourth-order valence-electron chi connectivity index (χ4n) is 2.82. The number of rotatable bonds is 6. The van der Waals surface area contributed by atoms with Crippen molar-refractivity contribution in [1.29, 1.82) is 0 Å². The number of ether oxygens (including phenoxy) is 1. The quantitative estimate of drug-likeness (QED) is 0.458. The monoisotopic (exact) mass is 415 g/mol. The number of aryl methyl sites for hydroxylation is 1. The highest BCUT2D eigenvalue weighted by molar-refractivity contribution is 6.32. The first-order chi connectivity index (χ1) is 13.5. The average Bonchev–Trinajstić information content (AvgIpc) is 2.95. The van der Waals surface area contributed by atoms with Gasteiger partial charge in [0.1, 0.15) is 5.75 Å². The van der Waals surface area contributed by atoms with Crippen LogP contribution in [0.2, 0.25) is 10.0 Å². The first-order valence-electron chi connectivity index (χ1n) is 8.60. The Hall–Kier alpha value is -2.76. The lowest BCUT2D eigenvalue weighted by Crippen LogP contribution is -2.24. The Morgan fingerprint density at radius 1 is 1.14 bits per heavy atom. The van der Waals surface area contributed by atoms with E-state index in [-0.39, 0.29) is 12.5 Å². The van der Waals surface area contributed by atoms with Gasteiger partial charge in [0, 0.05) is 27.7 Å². The Balaban J connectivity index is 1.63. The normalized spacial score (nSPS) is 11.0. The topological polar surface area (TPSA) is 55.6 Å². The van der Waals surface area contributed by atoms with Gasteiger partial charge in [0.25, 0.3) is 5.91 Å². The number of carbonyl (C=O) groups excluding carboxylic acids is 1. The molecule has 0 fully saturated rings. The number of carbonyl (C=O) groups is 1. The standard InChI is InChI=1S/C21H19Cl2N3O2/c1-14-11-16(15(2)26(14)18-9-7-17(22)8-10-18)12-24-25-21(27)13-28-20-6-4-3-5-19(20)23/h3-12H,13H2,1-2H3,(H,25,27)/b24-12+. The number of para-hydroxylation sites is 1. The van der Waals surface area contributed by atoms with Crippen molar-refractivity contribution in [3.05, 3.63) is 81.6 Å². The van der Waals surface area contributed by atoms with E-state index in [0.29, 0.717) is 15.8 Å². The summed E-state index contributed by atoms with van der Waals surface area (Å²) in [6.45, 7) is 3.82. The molecule has 0 radical (unpaired) electrons. The van der Waals surface area contributed by atoms with Crippen molar-refractivity contribution in [2.75, 3.05) is 6.61 Å². The minimum Gasteiger partial charge on any atom is -0.482 e. The molecule has 3 rings (SSSR count). The summed E-state index contributed by atoms with van der Waals surface area (Å²) in [6, 6.07) is 16.6. The number of hydrogen-bond donors (Lipinski definition) is 1. The van der Waals surface area contributed by atoms with Crippen molar-refractivity contribution in [2.24, 2.45) is 5.10 Å². The maximum atomic E-state index is 11.9. The molecule has 0 saturated heterocycles. The van der Waals surface area contributed by atoms with E-state index in [1.54, 1.807) is 30.5 Å². The zero-order valence-corrected chi connectivity index (χ0v) is 17.0. The van der Waals surface area contributed by atoms with E-state index in [2.05, 4.69) is 15.1 Å². The van der Waals surface area contributed by atoms with Crippen LogP contribution in [-0.2, 0) is 4.79 Å². The molecule has 1 aromatic heterocycles. The highest BCUT2D eigenvalue weighted by Crippen LogP contribution is 2.23. The first-order valence-corrected chi connectivity index (χ1v) is 9.35. The first kappa shape index (κ1) is 20.0. The van der Waals surface area contributed by atoms with Gasteiger partial charge in [-0.1, -0.05) is 35.3 Å². The van der Waals surface area contributed by atoms with Crippen molar-refractivity contribution in [2.45, 2.75) is 13.8 Å². The van der Waals surface area contributed by atoms with Crippen LogP contribution in [0.1, 0.15) is 17.0 Å². The summed E-state index contributed by atoms with van der Waals surface area (Å²) >= 11 is 12.0. The molecule has 0 aliphatic rings. The van der Waals surface area contributed by atoms with Crippen LogP contribution >= 0.6 is 23.2 Å². The number of halogens is 2. The second-order valence-corrected chi connectivity index (χ2v) is 6.99. The summed E-state index contributed by atoms with van der Waals surface area (Å²) in [6.07, 6.45) is 1.61. The second kappa shape index (κ2) is 8.95. The van der Waals surface area contributed by atoms with E-state index in [4.69, 9.17) is 27.9 Å². The SMILES string of the molecule is Cc1cc(/C=N/NC(=O)COc2ccccc2Cl)c(C)n1-c1ccc(Cl)cc1. The van der Waals surface area contributed by atoms with Gasteiger partial charge in [-0.25, -0.2) is 5.43 Å². The van der Waals surface area contributed by atoms with Gasteiger partial charge in [-0.05, 0) is 56.3 Å². The van der Waals surface area contributed by atoms with Gasteiger partial charge < -0.3 is 9.30 Å². The van der Waals surface area contributed by atoms with Crippen molar-refractivity contribution in [1.82, 2.24) is 9.99 Å². The Bertz CT molecular complexity index is 1010. The molecule has 0 spiro atoms. The van der Waals surface area contributed by atoms with Crippen LogP contribution in [-0.4, -0.2) is 23.3 Å². The van der Waals surface area contributed by atoms with Gasteiger partial charge in [0.2, 0.25) is 0 Å². The van der Waals surface area contributed by atoms with Gasteiger partial charge in [-0.2, -0.15) is 5.10 Å². The summed E-state index contributed by atoms with van der Waals surface area (Å²) in [4.78, 5) is 11.9. The predicted molar refractivity (Wildman–Crippen MR) is 113 cm³/mol. The number of hydrazone groups is 1. The molecule has 0 aliphatic heterocycles. The fraction of sp³-hybridized carbons (Fsp3) is 0.143. The molecule has 1 heterocycles. The van der Waals surface area contributed by atoms with E-state index >= 15 is 0 Å². The smallest absolute Gasteiger partial charge is 0.277 e. The third kappa shape index (κ3) is 4.74. The van der Waals surface area contributed by atoms with Gasteiger partial charge in [0.15, 0.2) is 6.61 Å². The molecule has 0 aliphatic carbocycles. The van der Waals surface area contributed by atoms with E-state index in [0.717, 1.165) is 22.6 Å². The molecule has 0 bridgehead atoms. The second-order valence-electron chi connectivity index (χ2n) is 6.15. The number of nitrogens with zero attached hydrogens (tertiary/aromatic N) is 2. The Kier molecular flexibility index (Phi) is 6.39. The molecule has 0 unspecified atom stereocenters. The Morgan fingerprint density at radius 3 is 2.57 bits per heavy atom. The van der Waals surface area contributed by atoms with Crippen LogP contribution in [0.25, 0.3) is 5.69 Å². The van der Waals surface area contributed by atoms with Crippen LogP contribution in [0, 0.1) is 13.8 Å². The highest BCUT2D eigenvalue weighted by atomic mass is 35.5. The lowest BCUT2D eigenvalue weighted by atomic mass is 10.2. The van der Waals surface area contributed by atoms with Crippen molar-refractivity contribution < 1.29 is 9.53 Å². The van der Waals surface area contributed by atoms with E-state index in [1.807, 2.05) is 44.2 Å². The summed E-state index contributed by atoms with van der Waals surface area (Å²) in [5.41, 5.74) is 6.43. The summed E-state index contributed by atoms with van der Waals surface area (Å²) in [7, 11) is 0. The summed E-state index contributed by atoms with van der Waals surface area (Å²) < 4.78 is 7.48. The van der Waals surface area contributed by atoms with Gasteiger partial charge in [-0.3, -0.25) is 4.79 Å². The minimum atomic E-state index is -0.373. The zero-order chi connectivity index (χ0) is 20.1. The van der Waals surface area contributed by atoms with Crippen molar-refractivity contribution in [3.8, 4) is 11.4 Å². The number of nitrogens with one attached hydrogen (secondary N) is 1. The number of hydrogen-bond acceptors (Lipinski definition) is 3. The number of benzene rings is 2. The predicted octanol–water partition coefficient (Wildman–Crippen LogP) is 4.93. The lowest BCUT2D eigenvalue weighted by Gasteiger charge is -2.09. The molecule has 144 valence electrons. The summed E-state index contributed by atoms with van der Waals surface area (Å²) in [5.74, 6) is 0.0810. The molecule has 28 heavy (non-hydrogen) atoms. The van der Waals surface area contributed by atoms with Crippen molar-refractivity contribution >= 4 is 35.3 Å². The van der Waals surface area contributed by atoms with Crippen LogP contribution in [0.4, 0.5) is 0 Å². The third-order valence-corrected chi connectivity index (χ3v) is 4.71. The van der Waals surface area contributed by atoms with Crippen LogP contribution in [0.3, 0.4) is 0 Å². The number of amides is 1. The van der Waals surface area contributed by atoms with Gasteiger partial charge in [0.05, 0.1) is 11.2 Å². The maximum absolute atomic E-state index is 11.9. The Labute approximate surface area is 173 Å². The molecule has 5 nitrogen and oxygen atoms in total. The van der Waals surface area contributed by atoms with Gasteiger partial charge in [-0.15, -0.1) is 0 Å². The molecular weight excluding hydrogens is 397 g/mol. The van der Waals surface area contributed by atoms with Gasteiger partial charge >= 0.3 is 0 Å². The highest BCUT2D eigenvalue weighted by Gasteiger charge is 2.10. The lowest BCUT2D eigenvalue weighted by molar-refractivity contribution is -0.123. The molecule has 3 aromatic rings. The molecule has 1 amide bonds. The van der Waals surface area contributed by atoms with E-state index in [9.17, 15) is 4.79 Å². The molecule has 2 aromatic carbocycles. The molecule has 1 N–H and O–H groups in total. The van der Waals surface area contributed by atoms with Crippen LogP contribution < -0.4 is 10.2 Å². The zero-order valence-electron chi connectivity index (χ0n) is 15.4. The fourth-order valence-corrected chi connectivity index (χ4v) is 3.13. The maximum Gasteiger partial charge on any atom is 0.277 e. The largest absolute Gasteiger partial charge is 0.482 e. The van der Waals surface area contributed by atoms with Crippen molar-refractivity contribution in [3.63, 3.8) is 0 Å². The Morgan fingerprint density at radius 2 is 1.86 bits per heavy atom. The molecule has 7 heteroatoms. The van der Waals surface area contributed by atoms with E-state index in [1.165, 1.54) is 0 Å². The molecule has 0 saturated carbocycles. The van der Waals surface area contributed by atoms with E-state index < -0.39 is 0 Å². The minimum absolute atomic E-state index is 0.176. The number of aromatic nitrogens is 1. The van der Waals surface area contributed by atoms with Crippen LogP contribution in [0.5, 0.6) is 5.75 Å². The average molecular weight is 416 g/mol. The third-order valence-electron chi connectivity index (χ3n) is 4.14. The molecule has 0 atom stereocenters. The van der Waals surface area contributed by atoms with Crippen LogP contribution in [0.15, 0.2) is 59.7 Å².